The molecule has 0 unspecified atom stereocenters. The van der Waals surface area contributed by atoms with E-state index >= 15 is 0 Å². The summed E-state index contributed by atoms with van der Waals surface area (Å²) in [6.45, 7) is 0. The summed E-state index contributed by atoms with van der Waals surface area (Å²) in [5.74, 6) is 0.370. The van der Waals surface area contributed by atoms with Gasteiger partial charge >= 0.3 is 0 Å². The van der Waals surface area contributed by atoms with Gasteiger partial charge in [-0.05, 0) is 24.3 Å². The van der Waals surface area contributed by atoms with E-state index in [1.54, 1.807) is 74.6 Å². The van der Waals surface area contributed by atoms with Crippen molar-refractivity contribution in [3.8, 4) is 5.75 Å². The van der Waals surface area contributed by atoms with Gasteiger partial charge in [0.15, 0.2) is 0 Å². The molecule has 0 heterocycles. The molecule has 24 heavy (non-hydrogen) atoms. The molecule has 3 rings (SSSR count). The van der Waals surface area contributed by atoms with Crippen molar-refractivity contribution in [1.29, 1.82) is 0 Å². The number of carbonyl (C=O) groups is 2. The van der Waals surface area contributed by atoms with Crippen LogP contribution in [0.2, 0.25) is 0 Å². The highest BCUT2D eigenvalue weighted by Crippen LogP contribution is 2.28. The number of nitrogens with zero attached hydrogens (tertiary/aromatic N) is 1. The molecule has 0 aliphatic heterocycles. The summed E-state index contributed by atoms with van der Waals surface area (Å²) in [5.41, 5.74) is 2.21. The Bertz CT molecular complexity index is 836. The first-order chi connectivity index (χ1) is 11.5. The number of carbonyl (C=O) groups excluding carboxylic acids is 2. The molecule has 1 N–H and O–H groups in total. The monoisotopic (exact) mass is 322 g/mol. The van der Waals surface area contributed by atoms with Crippen molar-refractivity contribution in [2.75, 3.05) is 26.5 Å². The second-order valence-corrected chi connectivity index (χ2v) is 5.68. The van der Waals surface area contributed by atoms with E-state index in [1.807, 2.05) is 0 Å². The Morgan fingerprint density at radius 2 is 1.46 bits per heavy atom. The first-order valence-electron chi connectivity index (χ1n) is 7.54. The lowest BCUT2D eigenvalue weighted by Gasteiger charge is -2.26. The average Bonchev–Trinajstić information content (AvgIpc) is 2.60. The number of hydrogen-bond acceptors (Lipinski definition) is 5. The number of fused-ring (bicyclic) bond motifs is 1. The number of benzene rings is 2. The van der Waals surface area contributed by atoms with E-state index in [0.29, 0.717) is 22.5 Å². The molecule has 5 heteroatoms. The van der Waals surface area contributed by atoms with Crippen molar-refractivity contribution >= 4 is 17.3 Å². The van der Waals surface area contributed by atoms with Gasteiger partial charge in [-0.3, -0.25) is 9.59 Å². The molecule has 0 fully saturated rings. The van der Waals surface area contributed by atoms with Crippen LogP contribution in [-0.4, -0.2) is 37.7 Å². The highest BCUT2D eigenvalue weighted by Gasteiger charge is 2.33. The highest BCUT2D eigenvalue weighted by atomic mass is 16.5. The fraction of sp³-hybridized carbons (Fsp3) is 0.158. The topological polar surface area (TPSA) is 58.6 Å². The molecule has 0 atom stereocenters. The van der Waals surface area contributed by atoms with Crippen LogP contribution < -0.4 is 10.1 Å². The number of ether oxygens (including phenoxy) is 1. The predicted molar refractivity (Wildman–Crippen MR) is 92.4 cm³/mol. The maximum Gasteiger partial charge on any atom is 0.212 e. The summed E-state index contributed by atoms with van der Waals surface area (Å²) in [6, 6.07) is 14.1. The summed E-state index contributed by atoms with van der Waals surface area (Å²) in [7, 11) is 5.10. The lowest BCUT2D eigenvalue weighted by atomic mass is 9.89. The Hall–Kier alpha value is -3.08. The zero-order valence-corrected chi connectivity index (χ0v) is 13.8. The van der Waals surface area contributed by atoms with E-state index in [0.717, 1.165) is 5.75 Å². The zero-order valence-electron chi connectivity index (χ0n) is 13.8. The summed E-state index contributed by atoms with van der Waals surface area (Å²) >= 11 is 0. The van der Waals surface area contributed by atoms with Crippen LogP contribution in [0.1, 0.15) is 20.7 Å². The summed E-state index contributed by atoms with van der Waals surface area (Å²) < 4.78 is 5.13. The molecule has 2 aromatic rings. The van der Waals surface area contributed by atoms with Gasteiger partial charge in [0, 0.05) is 30.9 Å². The van der Waals surface area contributed by atoms with E-state index in [1.165, 1.54) is 0 Å². The number of methoxy groups -OCH3 is 1. The lowest BCUT2D eigenvalue weighted by Crippen LogP contribution is -2.32. The molecule has 5 nitrogen and oxygen atoms in total. The number of allylic oxidation sites excluding steroid dienone is 2. The Labute approximate surface area is 140 Å². The third kappa shape index (κ3) is 2.65. The van der Waals surface area contributed by atoms with Crippen LogP contribution >= 0.6 is 0 Å². The van der Waals surface area contributed by atoms with E-state index in [-0.39, 0.29) is 17.3 Å². The molecule has 0 spiro atoms. The smallest absolute Gasteiger partial charge is 0.212 e. The van der Waals surface area contributed by atoms with Crippen LogP contribution in [-0.2, 0) is 0 Å². The van der Waals surface area contributed by atoms with Crippen LogP contribution in [0, 0.1) is 0 Å². The molecule has 0 bridgehead atoms. The molecule has 0 aromatic heterocycles. The standard InChI is InChI=1S/C19H18N2O3/c1-21(2)17-16(20-12-8-10-13(24-3)11-9-12)18(22)14-6-4-5-7-15(14)19(17)23/h4-11,20H,1-3H3. The molecule has 0 radical (unpaired) electrons. The van der Waals surface area contributed by atoms with Crippen molar-refractivity contribution in [3.05, 3.63) is 71.1 Å². The van der Waals surface area contributed by atoms with Crippen molar-refractivity contribution in [2.45, 2.75) is 0 Å². The van der Waals surface area contributed by atoms with E-state index in [2.05, 4.69) is 5.32 Å². The lowest BCUT2D eigenvalue weighted by molar-refractivity contribution is 0.0953. The maximum absolute atomic E-state index is 12.9. The number of anilines is 1. The molecular formula is C19H18N2O3. The molecule has 0 amide bonds. The van der Waals surface area contributed by atoms with Gasteiger partial charge in [0.05, 0.1) is 7.11 Å². The SMILES string of the molecule is COc1ccc(NC2=C(N(C)C)C(=O)c3ccccc3C2=O)cc1. The molecule has 122 valence electrons. The quantitative estimate of drug-likeness (QED) is 0.938. The van der Waals surface area contributed by atoms with Crippen LogP contribution in [0.4, 0.5) is 5.69 Å². The van der Waals surface area contributed by atoms with Crippen molar-refractivity contribution < 1.29 is 14.3 Å². The number of rotatable bonds is 4. The number of likely N-dealkylation sites (N-methyl/N-ethyl adjacent to an activating group) is 1. The van der Waals surface area contributed by atoms with Crippen molar-refractivity contribution in [2.24, 2.45) is 0 Å². The van der Waals surface area contributed by atoms with Crippen LogP contribution in [0.15, 0.2) is 59.9 Å². The summed E-state index contributed by atoms with van der Waals surface area (Å²) in [4.78, 5) is 27.3. The minimum Gasteiger partial charge on any atom is -0.497 e. The molecular weight excluding hydrogens is 304 g/mol. The van der Waals surface area contributed by atoms with Gasteiger partial charge in [0.1, 0.15) is 17.1 Å². The minimum absolute atomic E-state index is 0.161. The highest BCUT2D eigenvalue weighted by molar-refractivity contribution is 6.27. The Morgan fingerprint density at radius 1 is 0.875 bits per heavy atom. The van der Waals surface area contributed by atoms with Gasteiger partial charge in [-0.15, -0.1) is 0 Å². The molecule has 2 aromatic carbocycles. The molecule has 0 saturated carbocycles. The third-order valence-corrected chi connectivity index (χ3v) is 3.90. The Kier molecular flexibility index (Phi) is 4.08. The van der Waals surface area contributed by atoms with Gasteiger partial charge in [-0.2, -0.15) is 0 Å². The fourth-order valence-corrected chi connectivity index (χ4v) is 2.72. The minimum atomic E-state index is -0.190. The summed E-state index contributed by atoms with van der Waals surface area (Å²) in [6.07, 6.45) is 0. The van der Waals surface area contributed by atoms with Gasteiger partial charge in [-0.1, -0.05) is 24.3 Å². The molecule has 1 aliphatic rings. The Morgan fingerprint density at radius 3 is 2.00 bits per heavy atom. The van der Waals surface area contributed by atoms with Crippen molar-refractivity contribution in [1.82, 2.24) is 4.90 Å². The maximum atomic E-state index is 12.9. The molecule has 0 saturated heterocycles. The first-order valence-corrected chi connectivity index (χ1v) is 7.54. The second-order valence-electron chi connectivity index (χ2n) is 5.68. The van der Waals surface area contributed by atoms with E-state index in [4.69, 9.17) is 4.74 Å². The van der Waals surface area contributed by atoms with E-state index in [9.17, 15) is 9.59 Å². The number of Topliss-reactive ketones (excluding diaryl/α,β-unsaturated/α-hetero) is 2. The van der Waals surface area contributed by atoms with Gasteiger partial charge in [-0.25, -0.2) is 0 Å². The number of hydrogen-bond donors (Lipinski definition) is 1. The van der Waals surface area contributed by atoms with Crippen LogP contribution in [0.25, 0.3) is 0 Å². The summed E-state index contributed by atoms with van der Waals surface area (Å²) in [5, 5.41) is 3.10. The zero-order chi connectivity index (χ0) is 17.3. The second kappa shape index (κ2) is 6.20. The number of nitrogens with one attached hydrogen (secondary N) is 1. The Balaban J connectivity index is 2.06. The van der Waals surface area contributed by atoms with Gasteiger partial charge in [0.25, 0.3) is 0 Å². The normalized spacial score (nSPS) is 13.6. The number of ketones is 2. The predicted octanol–water partition coefficient (Wildman–Crippen LogP) is 2.96. The van der Waals surface area contributed by atoms with Gasteiger partial charge in [0.2, 0.25) is 11.6 Å². The first kappa shape index (κ1) is 15.8. The molecule has 1 aliphatic carbocycles. The third-order valence-electron chi connectivity index (χ3n) is 3.90. The average molecular weight is 322 g/mol. The largest absolute Gasteiger partial charge is 0.497 e. The van der Waals surface area contributed by atoms with E-state index < -0.39 is 0 Å². The van der Waals surface area contributed by atoms with Crippen molar-refractivity contribution in [3.63, 3.8) is 0 Å². The van der Waals surface area contributed by atoms with Crippen LogP contribution in [0.3, 0.4) is 0 Å². The van der Waals surface area contributed by atoms with Crippen LogP contribution in [0.5, 0.6) is 5.75 Å². The fourth-order valence-electron chi connectivity index (χ4n) is 2.72. The van der Waals surface area contributed by atoms with Gasteiger partial charge < -0.3 is 15.0 Å².